The first-order valence-electron chi connectivity index (χ1n) is 8.46. The van der Waals surface area contributed by atoms with Crippen molar-refractivity contribution < 1.29 is 19.1 Å². The molecule has 0 amide bonds. The van der Waals surface area contributed by atoms with E-state index in [2.05, 4.69) is 24.6 Å². The van der Waals surface area contributed by atoms with Crippen molar-refractivity contribution in [2.75, 3.05) is 14.2 Å². The number of hydrogen-bond donors (Lipinski definition) is 0. The molecule has 0 aliphatic rings. The van der Waals surface area contributed by atoms with E-state index in [1.807, 2.05) is 30.3 Å². The van der Waals surface area contributed by atoms with Crippen molar-refractivity contribution in [1.29, 1.82) is 0 Å². The zero-order valence-corrected chi connectivity index (χ0v) is 17.0. The van der Waals surface area contributed by atoms with Crippen LogP contribution in [0, 0.1) is 6.92 Å². The number of azo groups is 1. The third-order valence-corrected chi connectivity index (χ3v) is 4.72. The Balaban J connectivity index is 2.16. The topological polar surface area (TPSA) is 121 Å². The van der Waals surface area contributed by atoms with Gasteiger partial charge in [0, 0.05) is 24.1 Å². The molecule has 0 aliphatic carbocycles. The van der Waals surface area contributed by atoms with Crippen LogP contribution in [0.15, 0.2) is 40.6 Å². The summed E-state index contributed by atoms with van der Waals surface area (Å²) in [4.78, 5) is 33.2. The van der Waals surface area contributed by atoms with Crippen molar-refractivity contribution >= 4 is 34.4 Å². The maximum atomic E-state index is 12.3. The van der Waals surface area contributed by atoms with Gasteiger partial charge >= 0.3 is 11.9 Å². The van der Waals surface area contributed by atoms with Gasteiger partial charge in [-0.3, -0.25) is 9.59 Å². The summed E-state index contributed by atoms with van der Waals surface area (Å²) in [6.07, 6.45) is 0. The van der Waals surface area contributed by atoms with E-state index in [0.29, 0.717) is 22.5 Å². The van der Waals surface area contributed by atoms with Gasteiger partial charge in [0.05, 0.1) is 14.2 Å². The number of methoxy groups -OCH3 is 2. The fourth-order valence-corrected chi connectivity index (χ4v) is 3.13. The lowest BCUT2D eigenvalue weighted by Crippen LogP contribution is -2.27. The van der Waals surface area contributed by atoms with Crippen LogP contribution in [0.3, 0.4) is 0 Å². The lowest BCUT2D eigenvalue weighted by atomic mass is 10.1. The molecule has 10 nitrogen and oxygen atoms in total. The molecule has 0 unspecified atom stereocenters. The highest BCUT2D eigenvalue weighted by atomic mass is 32.1. The Morgan fingerprint density at radius 3 is 2.28 bits per heavy atom. The average Bonchev–Trinajstić information content (AvgIpc) is 3.30. The molecule has 0 radical (unpaired) electrons. The van der Waals surface area contributed by atoms with Crippen LogP contribution < -0.4 is 0 Å². The third-order valence-electron chi connectivity index (χ3n) is 4.03. The maximum Gasteiger partial charge on any atom is 0.327 e. The average molecular weight is 414 g/mol. The largest absolute Gasteiger partial charge is 0.468 e. The van der Waals surface area contributed by atoms with Gasteiger partial charge in [0.25, 0.3) is 0 Å². The van der Waals surface area contributed by atoms with E-state index < -0.39 is 17.9 Å². The Morgan fingerprint density at radius 2 is 1.72 bits per heavy atom. The predicted molar refractivity (Wildman–Crippen MR) is 104 cm³/mol. The zero-order chi connectivity index (χ0) is 21.0. The van der Waals surface area contributed by atoms with Crippen LogP contribution in [0.4, 0.5) is 10.9 Å². The van der Waals surface area contributed by atoms with E-state index in [4.69, 9.17) is 9.47 Å². The minimum absolute atomic E-state index is 0.130. The maximum absolute atomic E-state index is 12.3. The van der Waals surface area contributed by atoms with Crippen LogP contribution in [-0.2, 0) is 26.1 Å². The van der Waals surface area contributed by atoms with Crippen LogP contribution in [0.5, 0.6) is 0 Å². The van der Waals surface area contributed by atoms with E-state index >= 15 is 0 Å². The number of aromatic nitrogens is 4. The van der Waals surface area contributed by atoms with Crippen molar-refractivity contribution in [1.82, 2.24) is 18.9 Å². The number of nitrogens with zero attached hydrogens (tertiary/aromatic N) is 6. The summed E-state index contributed by atoms with van der Waals surface area (Å²) < 4.78 is 15.1. The lowest BCUT2D eigenvalue weighted by molar-refractivity contribution is -0.154. The molecule has 0 aliphatic heterocycles. The molecule has 0 bridgehead atoms. The summed E-state index contributed by atoms with van der Waals surface area (Å²) in [6.45, 7) is 1.75. The third kappa shape index (κ3) is 4.19. The van der Waals surface area contributed by atoms with Gasteiger partial charge in [-0.15, -0.1) is 10.2 Å². The molecule has 0 N–H and O–H groups in total. The predicted octanol–water partition coefficient (Wildman–Crippen LogP) is 3.09. The number of rotatable bonds is 6. The Bertz CT molecular complexity index is 1040. The number of ether oxygens (including phenoxy) is 2. The first-order chi connectivity index (χ1) is 14.0. The summed E-state index contributed by atoms with van der Waals surface area (Å²) in [5, 5.41) is 8.77. The molecule has 3 rings (SSSR count). The van der Waals surface area contributed by atoms with Gasteiger partial charge in [0.2, 0.25) is 11.0 Å². The summed E-state index contributed by atoms with van der Waals surface area (Å²) in [5.74, 6) is -1.86. The molecule has 0 atom stereocenters. The fourth-order valence-electron chi connectivity index (χ4n) is 2.63. The van der Waals surface area contributed by atoms with Gasteiger partial charge in [-0.1, -0.05) is 30.3 Å². The Hall–Kier alpha value is -3.47. The molecule has 0 spiro atoms. The summed E-state index contributed by atoms with van der Waals surface area (Å²) in [5.41, 5.74) is 1.19. The number of carbonyl (C=O) groups is 2. The molecule has 2 aromatic heterocycles. The van der Waals surface area contributed by atoms with Crippen LogP contribution in [0.1, 0.15) is 17.6 Å². The number of carbonyl (C=O) groups excluding carboxylic acids is 2. The van der Waals surface area contributed by atoms with Crippen LogP contribution in [-0.4, -0.2) is 45.1 Å². The SMILES string of the molecule is COC(=O)C(C(=O)OC)c1nc(-c2ccccc2)c(/N=N/c2nc(C)ns2)n1C. The van der Waals surface area contributed by atoms with E-state index in [0.717, 1.165) is 17.1 Å². The van der Waals surface area contributed by atoms with Crippen molar-refractivity contribution in [3.63, 3.8) is 0 Å². The molecular formula is C18H18N6O4S. The smallest absolute Gasteiger partial charge is 0.327 e. The number of benzene rings is 1. The monoisotopic (exact) mass is 414 g/mol. The van der Waals surface area contributed by atoms with E-state index in [-0.39, 0.29) is 5.82 Å². The van der Waals surface area contributed by atoms with Gasteiger partial charge in [-0.05, 0) is 6.92 Å². The van der Waals surface area contributed by atoms with Crippen molar-refractivity contribution in [3.05, 3.63) is 42.0 Å². The number of aryl methyl sites for hydroxylation is 1. The zero-order valence-electron chi connectivity index (χ0n) is 16.2. The quantitative estimate of drug-likeness (QED) is 0.345. The highest BCUT2D eigenvalue weighted by molar-refractivity contribution is 7.09. The molecular weight excluding hydrogens is 396 g/mol. The van der Waals surface area contributed by atoms with Gasteiger partial charge in [-0.25, -0.2) is 9.97 Å². The highest BCUT2D eigenvalue weighted by Gasteiger charge is 2.36. The van der Waals surface area contributed by atoms with Gasteiger partial charge < -0.3 is 14.0 Å². The van der Waals surface area contributed by atoms with Crippen molar-refractivity contribution in [3.8, 4) is 11.3 Å². The van der Waals surface area contributed by atoms with E-state index in [1.54, 1.807) is 14.0 Å². The van der Waals surface area contributed by atoms with Crippen LogP contribution >= 0.6 is 11.5 Å². The Kier molecular flexibility index (Phi) is 6.07. The minimum atomic E-state index is -1.36. The van der Waals surface area contributed by atoms with E-state index in [1.165, 1.54) is 18.8 Å². The molecule has 3 aromatic rings. The molecule has 2 heterocycles. The van der Waals surface area contributed by atoms with Crippen molar-refractivity contribution in [2.24, 2.45) is 17.3 Å². The highest BCUT2D eigenvalue weighted by Crippen LogP contribution is 2.34. The van der Waals surface area contributed by atoms with Gasteiger partial charge in [-0.2, -0.15) is 4.37 Å². The van der Waals surface area contributed by atoms with Gasteiger partial charge in [0.15, 0.2) is 5.82 Å². The normalized spacial score (nSPS) is 11.2. The minimum Gasteiger partial charge on any atom is -0.468 e. The number of esters is 2. The summed E-state index contributed by atoms with van der Waals surface area (Å²) in [7, 11) is 4.02. The first kappa shape index (κ1) is 20.3. The van der Waals surface area contributed by atoms with Crippen LogP contribution in [0.2, 0.25) is 0 Å². The molecule has 0 saturated heterocycles. The lowest BCUT2D eigenvalue weighted by Gasteiger charge is -2.12. The summed E-state index contributed by atoms with van der Waals surface area (Å²) in [6, 6.07) is 9.23. The summed E-state index contributed by atoms with van der Waals surface area (Å²) >= 11 is 1.11. The first-order valence-corrected chi connectivity index (χ1v) is 9.23. The second-order valence-corrected chi connectivity index (χ2v) is 6.60. The van der Waals surface area contributed by atoms with E-state index in [9.17, 15) is 9.59 Å². The van der Waals surface area contributed by atoms with Crippen LogP contribution in [0.25, 0.3) is 11.3 Å². The molecule has 29 heavy (non-hydrogen) atoms. The molecule has 0 saturated carbocycles. The molecule has 150 valence electrons. The molecule has 11 heteroatoms. The standard InChI is InChI=1S/C18H18N6O4S/c1-10-19-18(29-23-10)22-21-15-13(11-8-6-5-7-9-11)20-14(24(15)2)12(16(25)27-3)17(26)28-4/h5-9,12H,1-4H3/b22-21+. The number of imidazole rings is 1. The fraction of sp³-hybridized carbons (Fsp3) is 0.278. The Labute approximate surface area is 170 Å². The number of hydrogen-bond acceptors (Lipinski definition) is 10. The molecule has 0 fully saturated rings. The molecule has 1 aromatic carbocycles. The second kappa shape index (κ2) is 8.69. The van der Waals surface area contributed by atoms with Gasteiger partial charge in [0.1, 0.15) is 17.3 Å². The second-order valence-electron chi connectivity index (χ2n) is 5.87. The van der Waals surface area contributed by atoms with Crippen molar-refractivity contribution in [2.45, 2.75) is 12.8 Å². The Morgan fingerprint density at radius 1 is 1.07 bits per heavy atom.